The highest BCUT2D eigenvalue weighted by Gasteiger charge is 2.39. The minimum absolute atomic E-state index is 0.107. The number of fused-ring (bicyclic) bond motifs is 1. The number of hydrogen-bond donors (Lipinski definition) is 1. The molecule has 0 radical (unpaired) electrons. The van der Waals surface area contributed by atoms with E-state index in [9.17, 15) is 18.0 Å². The minimum atomic E-state index is -4.39. The number of carbonyl (C=O) groups excluding carboxylic acids is 1. The maximum absolute atomic E-state index is 13.5. The zero-order chi connectivity index (χ0) is 26.0. The third-order valence-electron chi connectivity index (χ3n) is 7.18. The Kier molecular flexibility index (Phi) is 7.54. The number of aromatic nitrogens is 2. The lowest BCUT2D eigenvalue weighted by molar-refractivity contribution is -0.138. The van der Waals surface area contributed by atoms with Crippen LogP contribution in [-0.4, -0.2) is 34.2 Å². The standard InChI is InChI=1S/C28H33F3N4O/c1-5-35-24-15-16-34(26(27(36)32-4)21-9-7-6-8-10-21)23(25(24)19(3)33-35)14-13-20-12-11-18(2)22(17-20)28(29,30)31/h6-12,17,23,26H,5,13-16H2,1-4H3,(H,32,36)/t23-,26+/m0/s1. The Bertz CT molecular complexity index is 1220. The van der Waals surface area contributed by atoms with Crippen LogP contribution in [0.4, 0.5) is 13.2 Å². The van der Waals surface area contributed by atoms with E-state index in [1.165, 1.54) is 13.0 Å². The molecule has 0 saturated heterocycles. The van der Waals surface area contributed by atoms with Crippen molar-refractivity contribution in [1.82, 2.24) is 20.0 Å². The molecule has 4 rings (SSSR count). The highest BCUT2D eigenvalue weighted by molar-refractivity contribution is 5.83. The van der Waals surface area contributed by atoms with Gasteiger partial charge in [-0.2, -0.15) is 18.3 Å². The number of alkyl halides is 3. The van der Waals surface area contributed by atoms with Crippen LogP contribution in [0.3, 0.4) is 0 Å². The summed E-state index contributed by atoms with van der Waals surface area (Å²) >= 11 is 0. The van der Waals surface area contributed by atoms with Crippen LogP contribution in [0.15, 0.2) is 48.5 Å². The van der Waals surface area contributed by atoms with E-state index in [1.54, 1.807) is 19.2 Å². The molecule has 0 saturated carbocycles. The van der Waals surface area contributed by atoms with Crippen molar-refractivity contribution in [2.75, 3.05) is 13.6 Å². The fraction of sp³-hybridized carbons (Fsp3) is 0.429. The van der Waals surface area contributed by atoms with Crippen molar-refractivity contribution in [3.63, 3.8) is 0 Å². The number of halogens is 3. The highest BCUT2D eigenvalue weighted by atomic mass is 19.4. The number of rotatable bonds is 7. The van der Waals surface area contributed by atoms with E-state index in [0.717, 1.165) is 35.5 Å². The normalized spacial score (nSPS) is 17.0. The number of nitrogens with zero attached hydrogens (tertiary/aromatic N) is 3. The quantitative estimate of drug-likeness (QED) is 0.464. The Morgan fingerprint density at radius 1 is 1.17 bits per heavy atom. The molecular weight excluding hydrogens is 465 g/mol. The molecule has 8 heteroatoms. The van der Waals surface area contributed by atoms with E-state index in [4.69, 9.17) is 5.10 Å². The highest BCUT2D eigenvalue weighted by Crippen LogP contribution is 2.41. The van der Waals surface area contributed by atoms with Crippen molar-refractivity contribution in [2.45, 2.75) is 64.8 Å². The molecule has 0 spiro atoms. The summed E-state index contributed by atoms with van der Waals surface area (Å²) < 4.78 is 42.6. The number of carbonyl (C=O) groups is 1. The monoisotopic (exact) mass is 498 g/mol. The Morgan fingerprint density at radius 2 is 1.89 bits per heavy atom. The zero-order valence-electron chi connectivity index (χ0n) is 21.2. The summed E-state index contributed by atoms with van der Waals surface area (Å²) in [6.45, 7) is 6.91. The Balaban J connectivity index is 1.74. The number of nitrogens with one attached hydrogen (secondary N) is 1. The lowest BCUT2D eigenvalue weighted by atomic mass is 9.88. The van der Waals surface area contributed by atoms with Crippen LogP contribution in [0.5, 0.6) is 0 Å². The van der Waals surface area contributed by atoms with E-state index in [-0.39, 0.29) is 17.5 Å². The third-order valence-corrected chi connectivity index (χ3v) is 7.18. The van der Waals surface area contributed by atoms with Gasteiger partial charge in [-0.25, -0.2) is 0 Å². The summed E-state index contributed by atoms with van der Waals surface area (Å²) in [7, 11) is 1.63. The van der Waals surface area contributed by atoms with Crippen LogP contribution in [0, 0.1) is 13.8 Å². The van der Waals surface area contributed by atoms with E-state index < -0.39 is 17.8 Å². The summed E-state index contributed by atoms with van der Waals surface area (Å²) in [6.07, 6.45) is -2.61. The first-order valence-corrected chi connectivity index (χ1v) is 12.4. The predicted molar refractivity (Wildman–Crippen MR) is 134 cm³/mol. The fourth-order valence-corrected chi connectivity index (χ4v) is 5.48. The summed E-state index contributed by atoms with van der Waals surface area (Å²) in [5.41, 5.74) is 4.30. The second-order valence-corrected chi connectivity index (χ2v) is 9.38. The molecule has 2 aromatic carbocycles. The number of likely N-dealkylation sites (N-methyl/N-ethyl adjacent to an activating group) is 1. The van der Waals surface area contributed by atoms with Gasteiger partial charge in [-0.3, -0.25) is 14.4 Å². The van der Waals surface area contributed by atoms with E-state index in [1.807, 2.05) is 41.9 Å². The van der Waals surface area contributed by atoms with Gasteiger partial charge in [-0.1, -0.05) is 42.5 Å². The molecule has 192 valence electrons. The van der Waals surface area contributed by atoms with Gasteiger partial charge < -0.3 is 5.32 Å². The second-order valence-electron chi connectivity index (χ2n) is 9.38. The van der Waals surface area contributed by atoms with Crippen LogP contribution >= 0.6 is 0 Å². The summed E-state index contributed by atoms with van der Waals surface area (Å²) in [6, 6.07) is 13.6. The number of amides is 1. The average Bonchev–Trinajstić information content (AvgIpc) is 3.19. The van der Waals surface area contributed by atoms with Crippen molar-refractivity contribution in [2.24, 2.45) is 0 Å². The Labute approximate surface area is 210 Å². The molecule has 1 aromatic heterocycles. The van der Waals surface area contributed by atoms with Crippen molar-refractivity contribution >= 4 is 5.91 Å². The van der Waals surface area contributed by atoms with Gasteiger partial charge in [-0.15, -0.1) is 0 Å². The van der Waals surface area contributed by atoms with Gasteiger partial charge >= 0.3 is 6.18 Å². The average molecular weight is 499 g/mol. The molecule has 1 aliphatic rings. The Morgan fingerprint density at radius 3 is 2.53 bits per heavy atom. The molecule has 2 atom stereocenters. The maximum Gasteiger partial charge on any atom is 0.416 e. The summed E-state index contributed by atoms with van der Waals surface area (Å²) in [5, 5.41) is 7.56. The van der Waals surface area contributed by atoms with Gasteiger partial charge in [0.05, 0.1) is 11.3 Å². The van der Waals surface area contributed by atoms with Crippen LogP contribution in [0.1, 0.15) is 64.6 Å². The van der Waals surface area contributed by atoms with Gasteiger partial charge in [0, 0.05) is 43.9 Å². The molecule has 2 heterocycles. The minimum Gasteiger partial charge on any atom is -0.358 e. The second kappa shape index (κ2) is 10.5. The molecule has 5 nitrogen and oxygen atoms in total. The molecule has 1 amide bonds. The summed E-state index contributed by atoms with van der Waals surface area (Å²) in [4.78, 5) is 15.4. The van der Waals surface area contributed by atoms with E-state index in [2.05, 4.69) is 17.1 Å². The molecule has 36 heavy (non-hydrogen) atoms. The molecule has 1 N–H and O–H groups in total. The number of benzene rings is 2. The molecule has 0 fully saturated rings. The van der Waals surface area contributed by atoms with E-state index in [0.29, 0.717) is 24.9 Å². The van der Waals surface area contributed by atoms with Crippen LogP contribution in [-0.2, 0) is 30.4 Å². The molecule has 0 unspecified atom stereocenters. The summed E-state index contributed by atoms with van der Waals surface area (Å²) in [5.74, 6) is -0.107. The molecule has 0 aliphatic carbocycles. The first-order valence-electron chi connectivity index (χ1n) is 12.4. The van der Waals surface area contributed by atoms with Gasteiger partial charge in [0.2, 0.25) is 5.91 Å². The molecular formula is C28H33F3N4O. The van der Waals surface area contributed by atoms with E-state index >= 15 is 0 Å². The van der Waals surface area contributed by atoms with Crippen LogP contribution in [0.2, 0.25) is 0 Å². The zero-order valence-corrected chi connectivity index (χ0v) is 21.2. The lowest BCUT2D eigenvalue weighted by Gasteiger charge is -2.41. The van der Waals surface area contributed by atoms with Crippen LogP contribution in [0.25, 0.3) is 0 Å². The van der Waals surface area contributed by atoms with Gasteiger partial charge in [0.15, 0.2) is 0 Å². The van der Waals surface area contributed by atoms with Gasteiger partial charge in [0.25, 0.3) is 0 Å². The Hall–Kier alpha value is -3.13. The van der Waals surface area contributed by atoms with Crippen molar-refractivity contribution < 1.29 is 18.0 Å². The maximum atomic E-state index is 13.5. The van der Waals surface area contributed by atoms with Gasteiger partial charge in [-0.05, 0) is 56.4 Å². The molecule has 1 aliphatic heterocycles. The number of aryl methyl sites for hydroxylation is 4. The topological polar surface area (TPSA) is 50.2 Å². The van der Waals surface area contributed by atoms with Crippen molar-refractivity contribution in [1.29, 1.82) is 0 Å². The largest absolute Gasteiger partial charge is 0.416 e. The fourth-order valence-electron chi connectivity index (χ4n) is 5.48. The first kappa shape index (κ1) is 25.9. The SMILES string of the molecule is CCn1nc(C)c2c1CCN([C@@H](C(=O)NC)c1ccccc1)[C@H]2CCc1ccc(C)c(C(F)(F)F)c1. The van der Waals surface area contributed by atoms with Crippen LogP contribution < -0.4 is 5.32 Å². The molecule has 3 aromatic rings. The lowest BCUT2D eigenvalue weighted by Crippen LogP contribution is -2.45. The van der Waals surface area contributed by atoms with Crippen molar-refractivity contribution in [3.8, 4) is 0 Å². The van der Waals surface area contributed by atoms with Crippen molar-refractivity contribution in [3.05, 3.63) is 87.7 Å². The smallest absolute Gasteiger partial charge is 0.358 e. The first-order chi connectivity index (χ1) is 17.2. The number of hydrogen-bond acceptors (Lipinski definition) is 3. The molecule has 0 bridgehead atoms. The predicted octanol–water partition coefficient (Wildman–Crippen LogP) is 5.56. The van der Waals surface area contributed by atoms with Gasteiger partial charge in [0.1, 0.15) is 6.04 Å². The third kappa shape index (κ3) is 5.05.